The van der Waals surface area contributed by atoms with Gasteiger partial charge in [0.2, 0.25) is 0 Å². The fourth-order valence-electron chi connectivity index (χ4n) is 1.79. The van der Waals surface area contributed by atoms with Crippen molar-refractivity contribution in [2.75, 3.05) is 0 Å². The first kappa shape index (κ1) is 14.1. The predicted molar refractivity (Wildman–Crippen MR) is 78.8 cm³/mol. The fourth-order valence-corrected chi connectivity index (χ4v) is 3.36. The highest BCUT2D eigenvalue weighted by Gasteiger charge is 2.19. The van der Waals surface area contributed by atoms with E-state index in [0.717, 1.165) is 14.5 Å². The summed E-state index contributed by atoms with van der Waals surface area (Å²) in [5.74, 6) is 0. The molecule has 3 nitrogen and oxygen atoms in total. The van der Waals surface area contributed by atoms with E-state index >= 15 is 0 Å². The van der Waals surface area contributed by atoms with Gasteiger partial charge in [0.15, 0.2) is 0 Å². The van der Waals surface area contributed by atoms with E-state index in [0.29, 0.717) is 17.3 Å². The molecule has 0 aliphatic heterocycles. The molecule has 0 aliphatic rings. The maximum atomic E-state index is 10.4. The largest absolute Gasteiger partial charge is 0.382 e. The second-order valence-corrected chi connectivity index (χ2v) is 6.04. The first-order valence-corrected chi connectivity index (χ1v) is 7.34. The molecule has 2 aromatic rings. The molecular weight excluding hydrogens is 383 g/mol. The zero-order valence-corrected chi connectivity index (χ0v) is 13.5. The molecule has 2 rings (SSSR count). The van der Waals surface area contributed by atoms with Crippen LogP contribution in [0.3, 0.4) is 0 Å². The van der Waals surface area contributed by atoms with Crippen LogP contribution in [0.2, 0.25) is 5.02 Å². The van der Waals surface area contributed by atoms with E-state index in [-0.39, 0.29) is 0 Å². The van der Waals surface area contributed by atoms with E-state index in [1.807, 2.05) is 25.1 Å². The van der Waals surface area contributed by atoms with Crippen molar-refractivity contribution in [2.45, 2.75) is 19.6 Å². The number of nitrogens with zero attached hydrogens (tertiary/aromatic N) is 2. The van der Waals surface area contributed by atoms with Gasteiger partial charge in [-0.2, -0.15) is 5.10 Å². The number of hydrogen-bond acceptors (Lipinski definition) is 2. The molecule has 0 bridgehead atoms. The Morgan fingerprint density at radius 3 is 2.50 bits per heavy atom. The lowest BCUT2D eigenvalue weighted by molar-refractivity contribution is 0.208. The van der Waals surface area contributed by atoms with Gasteiger partial charge in [0.25, 0.3) is 0 Å². The second kappa shape index (κ2) is 5.74. The Kier molecular flexibility index (Phi) is 4.48. The summed E-state index contributed by atoms with van der Waals surface area (Å²) >= 11 is 12.9. The van der Waals surface area contributed by atoms with Crippen LogP contribution in [0.5, 0.6) is 0 Å². The molecule has 1 unspecified atom stereocenters. The van der Waals surface area contributed by atoms with Crippen molar-refractivity contribution in [2.24, 2.45) is 0 Å². The normalized spacial score (nSPS) is 12.7. The fraction of sp³-hybridized carbons (Fsp3) is 0.250. The Balaban J connectivity index is 2.47. The molecule has 1 N–H and O–H groups in total. The maximum Gasteiger partial charge on any atom is 0.122 e. The highest BCUT2D eigenvalue weighted by atomic mass is 79.9. The topological polar surface area (TPSA) is 38.0 Å². The summed E-state index contributed by atoms with van der Waals surface area (Å²) in [4.78, 5) is 0. The van der Waals surface area contributed by atoms with Crippen LogP contribution in [0.15, 0.2) is 33.3 Å². The minimum atomic E-state index is -0.797. The Labute approximate surface area is 127 Å². The van der Waals surface area contributed by atoms with Crippen molar-refractivity contribution >= 4 is 43.5 Å². The number of benzene rings is 1. The molecule has 0 fully saturated rings. The summed E-state index contributed by atoms with van der Waals surface area (Å²) in [5, 5.41) is 15.0. The number of halogens is 3. The van der Waals surface area contributed by atoms with Crippen molar-refractivity contribution in [1.82, 2.24) is 9.78 Å². The van der Waals surface area contributed by atoms with Crippen molar-refractivity contribution < 1.29 is 5.11 Å². The number of aliphatic hydroxyl groups is 1. The highest BCUT2D eigenvalue weighted by Crippen LogP contribution is 2.31. The summed E-state index contributed by atoms with van der Waals surface area (Å²) in [7, 11) is 0. The molecule has 0 aliphatic carbocycles. The number of aryl methyl sites for hydroxylation is 1. The van der Waals surface area contributed by atoms with Crippen LogP contribution in [0.1, 0.15) is 24.3 Å². The quantitative estimate of drug-likeness (QED) is 0.849. The minimum absolute atomic E-state index is 0.473. The maximum absolute atomic E-state index is 10.4. The van der Waals surface area contributed by atoms with Gasteiger partial charge < -0.3 is 5.11 Å². The van der Waals surface area contributed by atoms with Crippen LogP contribution in [0.25, 0.3) is 0 Å². The third-order valence-electron chi connectivity index (χ3n) is 2.59. The molecule has 1 aromatic heterocycles. The van der Waals surface area contributed by atoms with Crippen molar-refractivity contribution in [3.05, 3.63) is 49.6 Å². The zero-order valence-electron chi connectivity index (χ0n) is 9.57. The van der Waals surface area contributed by atoms with E-state index in [9.17, 15) is 5.11 Å². The van der Waals surface area contributed by atoms with E-state index < -0.39 is 6.10 Å². The van der Waals surface area contributed by atoms with Gasteiger partial charge in [0.05, 0.1) is 16.9 Å². The summed E-state index contributed by atoms with van der Waals surface area (Å²) in [6, 6.07) is 5.63. The molecule has 0 radical (unpaired) electrons. The van der Waals surface area contributed by atoms with Gasteiger partial charge >= 0.3 is 0 Å². The minimum Gasteiger partial charge on any atom is -0.382 e. The molecule has 6 heteroatoms. The van der Waals surface area contributed by atoms with Crippen molar-refractivity contribution in [1.29, 1.82) is 0 Å². The average molecular weight is 394 g/mol. The Morgan fingerprint density at radius 2 is 1.94 bits per heavy atom. The monoisotopic (exact) mass is 392 g/mol. The lowest BCUT2D eigenvalue weighted by Crippen LogP contribution is -2.09. The van der Waals surface area contributed by atoms with Gasteiger partial charge in [0.1, 0.15) is 6.10 Å². The summed E-state index contributed by atoms with van der Waals surface area (Å²) < 4.78 is 3.48. The molecule has 96 valence electrons. The van der Waals surface area contributed by atoms with Crippen LogP contribution in [-0.2, 0) is 6.54 Å². The third-order valence-corrected chi connectivity index (χ3v) is 3.80. The lowest BCUT2D eigenvalue weighted by Gasteiger charge is -2.14. The van der Waals surface area contributed by atoms with Gasteiger partial charge in [-0.1, -0.05) is 43.5 Å². The van der Waals surface area contributed by atoms with Crippen LogP contribution >= 0.6 is 43.5 Å². The Bertz CT molecular complexity index is 551. The molecule has 0 spiro atoms. The van der Waals surface area contributed by atoms with E-state index in [4.69, 9.17) is 11.6 Å². The van der Waals surface area contributed by atoms with Gasteiger partial charge in [0, 0.05) is 15.5 Å². The first-order valence-electron chi connectivity index (χ1n) is 5.38. The molecule has 0 amide bonds. The molecule has 18 heavy (non-hydrogen) atoms. The second-order valence-electron chi connectivity index (χ2n) is 3.80. The SMILES string of the molecule is CCn1ncc(Cl)c1C(O)c1cc(Br)cc(Br)c1. The van der Waals surface area contributed by atoms with Crippen LogP contribution < -0.4 is 0 Å². The molecule has 1 aromatic carbocycles. The number of hydrogen-bond donors (Lipinski definition) is 1. The average Bonchev–Trinajstić information content (AvgIpc) is 2.68. The van der Waals surface area contributed by atoms with Gasteiger partial charge in [-0.3, -0.25) is 4.68 Å². The van der Waals surface area contributed by atoms with Crippen molar-refractivity contribution in [3.8, 4) is 0 Å². The Morgan fingerprint density at radius 1 is 1.33 bits per heavy atom. The molecule has 1 atom stereocenters. The molecule has 1 heterocycles. The first-order chi connectivity index (χ1) is 8.52. The van der Waals surface area contributed by atoms with Crippen LogP contribution in [0.4, 0.5) is 0 Å². The highest BCUT2D eigenvalue weighted by molar-refractivity contribution is 9.11. The van der Waals surface area contributed by atoms with E-state index in [1.165, 1.54) is 0 Å². The van der Waals surface area contributed by atoms with Gasteiger partial charge in [-0.05, 0) is 30.7 Å². The Hall–Kier alpha value is -0.360. The third kappa shape index (κ3) is 2.79. The number of aromatic nitrogens is 2. The van der Waals surface area contributed by atoms with Crippen LogP contribution in [0, 0.1) is 0 Å². The molecular formula is C12H11Br2ClN2O. The summed E-state index contributed by atoms with van der Waals surface area (Å²) in [5.41, 5.74) is 1.37. The zero-order chi connectivity index (χ0) is 13.3. The van der Waals surface area contributed by atoms with E-state index in [1.54, 1.807) is 10.9 Å². The molecule has 0 saturated heterocycles. The van der Waals surface area contributed by atoms with Crippen molar-refractivity contribution in [3.63, 3.8) is 0 Å². The van der Waals surface area contributed by atoms with Gasteiger partial charge in [-0.25, -0.2) is 0 Å². The molecule has 0 saturated carbocycles. The lowest BCUT2D eigenvalue weighted by atomic mass is 10.1. The predicted octanol–water partition coefficient (Wildman–Crippen LogP) is 4.16. The summed E-state index contributed by atoms with van der Waals surface area (Å²) in [6.07, 6.45) is 0.755. The van der Waals surface area contributed by atoms with Gasteiger partial charge in [-0.15, -0.1) is 0 Å². The standard InChI is InChI=1S/C12H11Br2ClN2O/c1-2-17-11(10(15)6-16-17)12(18)7-3-8(13)5-9(14)4-7/h3-6,12,18H,2H2,1H3. The smallest absolute Gasteiger partial charge is 0.122 e. The number of rotatable bonds is 3. The van der Waals surface area contributed by atoms with Crippen LogP contribution in [-0.4, -0.2) is 14.9 Å². The number of aliphatic hydroxyl groups excluding tert-OH is 1. The summed E-state index contributed by atoms with van der Waals surface area (Å²) in [6.45, 7) is 2.62. The van der Waals surface area contributed by atoms with E-state index in [2.05, 4.69) is 37.0 Å².